The van der Waals surface area contributed by atoms with Gasteiger partial charge in [0.05, 0.1) is 37.3 Å². The van der Waals surface area contributed by atoms with Crippen LogP contribution in [0.25, 0.3) is 0 Å². The van der Waals surface area contributed by atoms with Gasteiger partial charge in [-0.3, -0.25) is 4.79 Å². The van der Waals surface area contributed by atoms with Crippen LogP contribution in [0.1, 0.15) is 21.9 Å². The molecule has 0 radical (unpaired) electrons. The van der Waals surface area contributed by atoms with Crippen molar-refractivity contribution in [3.63, 3.8) is 0 Å². The predicted molar refractivity (Wildman–Crippen MR) is 115 cm³/mol. The van der Waals surface area contributed by atoms with Crippen molar-refractivity contribution in [2.45, 2.75) is 12.6 Å². The Morgan fingerprint density at radius 3 is 2.94 bits per heavy atom. The quantitative estimate of drug-likeness (QED) is 0.338. The first kappa shape index (κ1) is 21.2. The Morgan fingerprint density at radius 2 is 2.22 bits per heavy atom. The monoisotopic (exact) mass is 434 g/mol. The summed E-state index contributed by atoms with van der Waals surface area (Å²) in [6, 6.07) is 7.33. The topological polar surface area (TPSA) is 166 Å². The number of nitriles is 1. The Balaban J connectivity index is 1.50. The summed E-state index contributed by atoms with van der Waals surface area (Å²) in [5.41, 5.74) is 1.75. The molecule has 1 saturated heterocycles. The van der Waals surface area contributed by atoms with Gasteiger partial charge in [0.2, 0.25) is 0 Å². The standard InChI is InChI=1S/C20H22N10O2/c21-7-14-9-26-18(12-24-14)28-17-6-16(25-11-15-10-22-4-5-32-15)19(30-29-17)20(31)27-8-13-2-1-3-23-13/h1-3,6,9,12,15,22-23H,4-5,8,10-11H2,(H,27,31)(H2,25,26,28,29). The fourth-order valence-electron chi connectivity index (χ4n) is 3.05. The molecule has 4 heterocycles. The lowest BCUT2D eigenvalue weighted by atomic mass is 10.2. The van der Waals surface area contributed by atoms with Gasteiger partial charge in [-0.1, -0.05) is 0 Å². The van der Waals surface area contributed by atoms with E-state index in [1.165, 1.54) is 12.4 Å². The molecule has 0 aliphatic carbocycles. The predicted octanol–water partition coefficient (Wildman–Crippen LogP) is 0.540. The minimum atomic E-state index is -0.359. The van der Waals surface area contributed by atoms with Gasteiger partial charge < -0.3 is 31.0 Å². The van der Waals surface area contributed by atoms with Gasteiger partial charge in [-0.05, 0) is 12.1 Å². The Bertz CT molecular complexity index is 1070. The molecule has 3 aromatic heterocycles. The summed E-state index contributed by atoms with van der Waals surface area (Å²) in [4.78, 5) is 23.9. The molecule has 0 saturated carbocycles. The van der Waals surface area contributed by atoms with Crippen molar-refractivity contribution in [3.8, 4) is 6.07 Å². The maximum absolute atomic E-state index is 12.8. The molecule has 4 rings (SSSR count). The Hall–Kier alpha value is -4.08. The maximum Gasteiger partial charge on any atom is 0.274 e. The van der Waals surface area contributed by atoms with Gasteiger partial charge in [0, 0.05) is 37.6 Å². The number of hydrogen-bond acceptors (Lipinski definition) is 10. The summed E-state index contributed by atoms with van der Waals surface area (Å²) in [7, 11) is 0. The lowest BCUT2D eigenvalue weighted by molar-refractivity contribution is 0.0372. The van der Waals surface area contributed by atoms with E-state index in [1.54, 1.807) is 12.3 Å². The van der Waals surface area contributed by atoms with Gasteiger partial charge >= 0.3 is 0 Å². The third kappa shape index (κ3) is 5.54. The first-order chi connectivity index (χ1) is 15.7. The van der Waals surface area contributed by atoms with Crippen LogP contribution in [0.3, 0.4) is 0 Å². The van der Waals surface area contributed by atoms with Crippen molar-refractivity contribution in [3.05, 3.63) is 53.9 Å². The molecule has 1 aliphatic rings. The lowest BCUT2D eigenvalue weighted by Gasteiger charge is -2.24. The van der Waals surface area contributed by atoms with Crippen LogP contribution in [-0.2, 0) is 11.3 Å². The van der Waals surface area contributed by atoms with Crippen molar-refractivity contribution >= 4 is 23.2 Å². The fraction of sp³-hybridized carbons (Fsp3) is 0.300. The number of hydrogen-bond donors (Lipinski definition) is 5. The number of nitrogens with zero attached hydrogens (tertiary/aromatic N) is 5. The van der Waals surface area contributed by atoms with E-state index in [0.29, 0.717) is 43.6 Å². The highest BCUT2D eigenvalue weighted by Gasteiger charge is 2.19. The number of carbonyl (C=O) groups excluding carboxylic acids is 1. The van der Waals surface area contributed by atoms with Crippen molar-refractivity contribution in [1.29, 1.82) is 5.26 Å². The molecular formula is C20H22N10O2. The van der Waals surface area contributed by atoms with Gasteiger partial charge in [-0.2, -0.15) is 5.26 Å². The summed E-state index contributed by atoms with van der Waals surface area (Å²) in [6.45, 7) is 3.00. The summed E-state index contributed by atoms with van der Waals surface area (Å²) in [6.07, 6.45) is 4.53. The maximum atomic E-state index is 12.8. The normalized spacial score (nSPS) is 15.5. The van der Waals surface area contributed by atoms with E-state index in [9.17, 15) is 4.79 Å². The van der Waals surface area contributed by atoms with Gasteiger partial charge in [0.1, 0.15) is 11.9 Å². The summed E-state index contributed by atoms with van der Waals surface area (Å²) in [5, 5.41) is 29.4. The van der Waals surface area contributed by atoms with E-state index < -0.39 is 0 Å². The van der Waals surface area contributed by atoms with Crippen LogP contribution in [-0.4, -0.2) is 63.4 Å². The highest BCUT2D eigenvalue weighted by molar-refractivity contribution is 5.97. The third-order valence-corrected chi connectivity index (χ3v) is 4.66. The largest absolute Gasteiger partial charge is 0.380 e. The number of anilines is 3. The zero-order chi connectivity index (χ0) is 22.2. The van der Waals surface area contributed by atoms with Crippen molar-refractivity contribution in [1.82, 2.24) is 35.8 Å². The van der Waals surface area contributed by atoms with Crippen LogP contribution in [0.2, 0.25) is 0 Å². The number of aromatic nitrogens is 5. The van der Waals surface area contributed by atoms with Crippen molar-refractivity contribution in [2.75, 3.05) is 36.9 Å². The van der Waals surface area contributed by atoms with Crippen LogP contribution in [0.4, 0.5) is 17.3 Å². The molecule has 1 unspecified atom stereocenters. The number of amides is 1. The number of nitrogens with one attached hydrogen (secondary N) is 5. The van der Waals surface area contributed by atoms with Gasteiger partial charge in [-0.25, -0.2) is 9.97 Å². The molecule has 1 aliphatic heterocycles. The van der Waals surface area contributed by atoms with Crippen molar-refractivity contribution < 1.29 is 9.53 Å². The number of H-pyrrole nitrogens is 1. The Morgan fingerprint density at radius 1 is 1.28 bits per heavy atom. The van der Waals surface area contributed by atoms with Crippen LogP contribution in [0.5, 0.6) is 0 Å². The zero-order valence-electron chi connectivity index (χ0n) is 17.1. The van der Waals surface area contributed by atoms with Gasteiger partial charge in [0.25, 0.3) is 5.91 Å². The highest BCUT2D eigenvalue weighted by atomic mass is 16.5. The van der Waals surface area contributed by atoms with E-state index in [-0.39, 0.29) is 23.4 Å². The number of aromatic amines is 1. The van der Waals surface area contributed by atoms with Crippen LogP contribution >= 0.6 is 0 Å². The molecular weight excluding hydrogens is 412 g/mol. The van der Waals surface area contributed by atoms with Crippen LogP contribution < -0.4 is 21.3 Å². The second kappa shape index (κ2) is 10.3. The third-order valence-electron chi connectivity index (χ3n) is 4.66. The minimum absolute atomic E-state index is 0.0347. The summed E-state index contributed by atoms with van der Waals surface area (Å²) in [5.74, 6) is 0.408. The highest BCUT2D eigenvalue weighted by Crippen LogP contribution is 2.19. The molecule has 1 atom stereocenters. The first-order valence-corrected chi connectivity index (χ1v) is 10.0. The molecule has 1 amide bonds. The zero-order valence-corrected chi connectivity index (χ0v) is 17.1. The average molecular weight is 434 g/mol. The lowest BCUT2D eigenvalue weighted by Crippen LogP contribution is -2.42. The average Bonchev–Trinajstić information content (AvgIpc) is 3.36. The molecule has 1 fully saturated rings. The van der Waals surface area contributed by atoms with E-state index in [1.807, 2.05) is 18.2 Å². The van der Waals surface area contributed by atoms with E-state index in [0.717, 1.165) is 12.2 Å². The number of morpholine rings is 1. The van der Waals surface area contributed by atoms with Gasteiger partial charge in [-0.15, -0.1) is 10.2 Å². The van der Waals surface area contributed by atoms with E-state index in [4.69, 9.17) is 10.00 Å². The minimum Gasteiger partial charge on any atom is -0.380 e. The molecule has 5 N–H and O–H groups in total. The number of rotatable bonds is 8. The SMILES string of the molecule is N#Cc1cnc(Nc2cc(NCC3CNCCO3)c(C(=O)NCc3ccc[nH]3)nn2)cn1. The van der Waals surface area contributed by atoms with Gasteiger partial charge in [0.15, 0.2) is 17.2 Å². The van der Waals surface area contributed by atoms with Crippen LogP contribution in [0.15, 0.2) is 36.8 Å². The number of ether oxygens (including phenoxy) is 1. The molecule has 164 valence electrons. The van der Waals surface area contributed by atoms with Crippen LogP contribution in [0, 0.1) is 11.3 Å². The number of carbonyl (C=O) groups is 1. The van der Waals surface area contributed by atoms with Crippen molar-refractivity contribution in [2.24, 2.45) is 0 Å². The molecule has 32 heavy (non-hydrogen) atoms. The molecule has 12 nitrogen and oxygen atoms in total. The molecule has 0 bridgehead atoms. The summed E-state index contributed by atoms with van der Waals surface area (Å²) < 4.78 is 5.72. The second-order valence-electron chi connectivity index (χ2n) is 6.97. The molecule has 0 aromatic carbocycles. The fourth-order valence-corrected chi connectivity index (χ4v) is 3.05. The Labute approximate surface area is 183 Å². The Kier molecular flexibility index (Phi) is 6.81. The summed E-state index contributed by atoms with van der Waals surface area (Å²) >= 11 is 0. The van der Waals surface area contributed by atoms with E-state index in [2.05, 4.69) is 46.4 Å². The smallest absolute Gasteiger partial charge is 0.274 e. The van der Waals surface area contributed by atoms with E-state index >= 15 is 0 Å². The molecule has 3 aromatic rings. The first-order valence-electron chi connectivity index (χ1n) is 10.0. The second-order valence-corrected chi connectivity index (χ2v) is 6.97. The molecule has 0 spiro atoms. The molecule has 12 heteroatoms.